The zero-order chi connectivity index (χ0) is 9.97. The van der Waals surface area contributed by atoms with Crippen LogP contribution >= 0.6 is 0 Å². The minimum atomic E-state index is 0.560. The van der Waals surface area contributed by atoms with Gasteiger partial charge in [-0.05, 0) is 17.4 Å². The lowest BCUT2D eigenvalue weighted by molar-refractivity contribution is 0.193. The zero-order valence-electron chi connectivity index (χ0n) is 8.64. The SMILES string of the molecule is CC1CN(Cc2nnnn2C)CCN1. The summed E-state index contributed by atoms with van der Waals surface area (Å²) in [6.07, 6.45) is 0. The molecule has 0 saturated carbocycles. The maximum Gasteiger partial charge on any atom is 0.164 e. The van der Waals surface area contributed by atoms with Gasteiger partial charge in [0.1, 0.15) is 0 Å². The molecule has 0 aliphatic carbocycles. The van der Waals surface area contributed by atoms with E-state index in [0.717, 1.165) is 32.0 Å². The predicted molar refractivity (Wildman–Crippen MR) is 51.5 cm³/mol. The average molecular weight is 196 g/mol. The molecule has 0 radical (unpaired) electrons. The molecule has 0 bridgehead atoms. The van der Waals surface area contributed by atoms with E-state index in [1.165, 1.54) is 0 Å². The van der Waals surface area contributed by atoms with Crippen molar-refractivity contribution in [3.05, 3.63) is 5.82 Å². The van der Waals surface area contributed by atoms with Crippen LogP contribution < -0.4 is 5.32 Å². The Morgan fingerprint density at radius 1 is 1.57 bits per heavy atom. The van der Waals surface area contributed by atoms with E-state index in [2.05, 4.69) is 32.7 Å². The molecular weight excluding hydrogens is 180 g/mol. The molecule has 1 unspecified atom stereocenters. The van der Waals surface area contributed by atoms with Crippen LogP contribution in [-0.2, 0) is 13.6 Å². The number of rotatable bonds is 2. The van der Waals surface area contributed by atoms with E-state index in [-0.39, 0.29) is 0 Å². The van der Waals surface area contributed by atoms with Gasteiger partial charge in [-0.1, -0.05) is 0 Å². The number of nitrogens with one attached hydrogen (secondary N) is 1. The fourth-order valence-electron chi connectivity index (χ4n) is 1.74. The first-order valence-electron chi connectivity index (χ1n) is 4.92. The predicted octanol–water partition coefficient (Wildman–Crippen LogP) is -0.996. The van der Waals surface area contributed by atoms with Crippen LogP contribution in [0.3, 0.4) is 0 Å². The van der Waals surface area contributed by atoms with Gasteiger partial charge in [0.25, 0.3) is 0 Å². The molecule has 6 heteroatoms. The van der Waals surface area contributed by atoms with Crippen molar-refractivity contribution in [2.75, 3.05) is 19.6 Å². The third kappa shape index (κ3) is 2.08. The Balaban J connectivity index is 1.94. The van der Waals surface area contributed by atoms with Crippen LogP contribution in [0.4, 0.5) is 0 Å². The molecule has 0 spiro atoms. The van der Waals surface area contributed by atoms with Crippen LogP contribution in [0.25, 0.3) is 0 Å². The number of nitrogens with zero attached hydrogens (tertiary/aromatic N) is 5. The molecule has 1 aromatic rings. The van der Waals surface area contributed by atoms with Crippen molar-refractivity contribution in [3.63, 3.8) is 0 Å². The first kappa shape index (κ1) is 9.54. The van der Waals surface area contributed by atoms with Gasteiger partial charge in [0.15, 0.2) is 5.82 Å². The topological polar surface area (TPSA) is 58.9 Å². The van der Waals surface area contributed by atoms with Crippen molar-refractivity contribution in [2.24, 2.45) is 7.05 Å². The number of hydrogen-bond donors (Lipinski definition) is 1. The van der Waals surface area contributed by atoms with E-state index in [1.807, 2.05) is 7.05 Å². The summed E-state index contributed by atoms with van der Waals surface area (Å²) in [5, 5.41) is 14.8. The Hall–Kier alpha value is -1.01. The molecule has 1 N–H and O–H groups in total. The molecule has 2 rings (SSSR count). The second-order valence-electron chi connectivity index (χ2n) is 3.81. The number of aryl methyl sites for hydroxylation is 1. The summed E-state index contributed by atoms with van der Waals surface area (Å²) < 4.78 is 1.73. The number of aromatic nitrogens is 4. The minimum Gasteiger partial charge on any atom is -0.312 e. The molecule has 6 nitrogen and oxygen atoms in total. The second kappa shape index (κ2) is 4.02. The van der Waals surface area contributed by atoms with Gasteiger partial charge in [-0.3, -0.25) is 4.90 Å². The molecule has 1 aliphatic heterocycles. The zero-order valence-corrected chi connectivity index (χ0v) is 8.64. The molecule has 1 aliphatic rings. The molecule has 0 amide bonds. The van der Waals surface area contributed by atoms with Crippen LogP contribution in [0.15, 0.2) is 0 Å². The van der Waals surface area contributed by atoms with Crippen LogP contribution in [-0.4, -0.2) is 50.8 Å². The van der Waals surface area contributed by atoms with Crippen molar-refractivity contribution in [1.82, 2.24) is 30.4 Å². The summed E-state index contributed by atoms with van der Waals surface area (Å²) in [5.74, 6) is 0.930. The summed E-state index contributed by atoms with van der Waals surface area (Å²) >= 11 is 0. The smallest absolute Gasteiger partial charge is 0.164 e. The average Bonchev–Trinajstić information content (AvgIpc) is 2.52. The third-order valence-electron chi connectivity index (χ3n) is 2.53. The lowest BCUT2D eigenvalue weighted by Crippen LogP contribution is -2.48. The number of tetrazole rings is 1. The summed E-state index contributed by atoms with van der Waals surface area (Å²) in [5.41, 5.74) is 0. The molecule has 1 atom stereocenters. The fourth-order valence-corrected chi connectivity index (χ4v) is 1.74. The Bertz CT molecular complexity index is 296. The van der Waals surface area contributed by atoms with E-state index < -0.39 is 0 Å². The second-order valence-corrected chi connectivity index (χ2v) is 3.81. The summed E-state index contributed by atoms with van der Waals surface area (Å²) in [6, 6.07) is 0.560. The van der Waals surface area contributed by atoms with Crippen molar-refractivity contribution in [2.45, 2.75) is 19.5 Å². The molecule has 1 fully saturated rings. The van der Waals surface area contributed by atoms with E-state index in [1.54, 1.807) is 4.68 Å². The number of piperazine rings is 1. The van der Waals surface area contributed by atoms with Crippen LogP contribution in [0, 0.1) is 0 Å². The Morgan fingerprint density at radius 3 is 3.07 bits per heavy atom. The standard InChI is InChI=1S/C8H16N6/c1-7-5-14(4-3-9-7)6-8-10-11-12-13(8)2/h7,9H,3-6H2,1-2H3. The Labute approximate surface area is 83.3 Å². The molecular formula is C8H16N6. The highest BCUT2D eigenvalue weighted by Gasteiger charge is 2.17. The van der Waals surface area contributed by atoms with E-state index in [4.69, 9.17) is 0 Å². The van der Waals surface area contributed by atoms with E-state index >= 15 is 0 Å². The van der Waals surface area contributed by atoms with Gasteiger partial charge in [-0.2, -0.15) is 0 Å². The largest absolute Gasteiger partial charge is 0.312 e. The summed E-state index contributed by atoms with van der Waals surface area (Å²) in [4.78, 5) is 2.37. The van der Waals surface area contributed by atoms with Gasteiger partial charge in [-0.25, -0.2) is 4.68 Å². The van der Waals surface area contributed by atoms with Crippen LogP contribution in [0.1, 0.15) is 12.7 Å². The molecule has 1 aromatic heterocycles. The van der Waals surface area contributed by atoms with Crippen LogP contribution in [0.5, 0.6) is 0 Å². The maximum atomic E-state index is 3.97. The molecule has 14 heavy (non-hydrogen) atoms. The first-order valence-corrected chi connectivity index (χ1v) is 4.92. The summed E-state index contributed by atoms with van der Waals surface area (Å²) in [6.45, 7) is 6.22. The van der Waals surface area contributed by atoms with Crippen molar-refractivity contribution in [3.8, 4) is 0 Å². The van der Waals surface area contributed by atoms with Crippen molar-refractivity contribution < 1.29 is 0 Å². The van der Waals surface area contributed by atoms with Gasteiger partial charge in [0.05, 0.1) is 6.54 Å². The highest BCUT2D eigenvalue weighted by Crippen LogP contribution is 2.03. The Morgan fingerprint density at radius 2 is 2.43 bits per heavy atom. The highest BCUT2D eigenvalue weighted by atomic mass is 15.5. The maximum absolute atomic E-state index is 3.97. The molecule has 78 valence electrons. The van der Waals surface area contributed by atoms with Crippen molar-refractivity contribution in [1.29, 1.82) is 0 Å². The van der Waals surface area contributed by atoms with Crippen LogP contribution in [0.2, 0.25) is 0 Å². The lowest BCUT2D eigenvalue weighted by Gasteiger charge is -2.31. The molecule has 2 heterocycles. The molecule has 1 saturated heterocycles. The summed E-state index contributed by atoms with van der Waals surface area (Å²) in [7, 11) is 1.88. The fraction of sp³-hybridized carbons (Fsp3) is 0.875. The van der Waals surface area contributed by atoms with E-state index in [0.29, 0.717) is 6.04 Å². The quantitative estimate of drug-likeness (QED) is 0.657. The van der Waals surface area contributed by atoms with Gasteiger partial charge in [0.2, 0.25) is 0 Å². The van der Waals surface area contributed by atoms with Gasteiger partial charge >= 0.3 is 0 Å². The highest BCUT2D eigenvalue weighted by molar-refractivity contribution is 4.83. The van der Waals surface area contributed by atoms with Gasteiger partial charge in [-0.15, -0.1) is 5.10 Å². The Kier molecular flexibility index (Phi) is 2.74. The normalized spacial score (nSPS) is 24.0. The number of hydrogen-bond acceptors (Lipinski definition) is 5. The monoisotopic (exact) mass is 196 g/mol. The minimum absolute atomic E-state index is 0.560. The third-order valence-corrected chi connectivity index (χ3v) is 2.53. The first-order chi connectivity index (χ1) is 6.75. The van der Waals surface area contributed by atoms with Gasteiger partial charge in [0, 0.05) is 32.7 Å². The van der Waals surface area contributed by atoms with Crippen molar-refractivity contribution >= 4 is 0 Å². The lowest BCUT2D eigenvalue weighted by atomic mass is 10.2. The molecule has 0 aromatic carbocycles. The van der Waals surface area contributed by atoms with E-state index in [9.17, 15) is 0 Å². The van der Waals surface area contributed by atoms with Gasteiger partial charge < -0.3 is 5.32 Å².